The van der Waals surface area contributed by atoms with Crippen LogP contribution in [-0.2, 0) is 13.1 Å². The van der Waals surface area contributed by atoms with Crippen LogP contribution >= 0.6 is 0 Å². The molecule has 0 amide bonds. The molecule has 2 heterocycles. The topological polar surface area (TPSA) is 49.4 Å². The zero-order chi connectivity index (χ0) is 18.1. The van der Waals surface area contributed by atoms with Gasteiger partial charge in [-0.1, -0.05) is 6.07 Å². The molecule has 0 spiro atoms. The van der Waals surface area contributed by atoms with Crippen molar-refractivity contribution in [2.24, 2.45) is 0 Å². The van der Waals surface area contributed by atoms with Crippen molar-refractivity contribution in [1.29, 1.82) is 0 Å². The Morgan fingerprint density at radius 2 is 1.96 bits per heavy atom. The fourth-order valence-electron chi connectivity index (χ4n) is 3.48. The Morgan fingerprint density at radius 1 is 1.08 bits per heavy atom. The van der Waals surface area contributed by atoms with Crippen molar-refractivity contribution in [3.05, 3.63) is 41.5 Å². The fraction of sp³-hybridized carbons (Fsp3) is 0.400. The van der Waals surface area contributed by atoms with E-state index in [1.165, 1.54) is 0 Å². The van der Waals surface area contributed by atoms with Crippen LogP contribution in [0.1, 0.15) is 18.1 Å². The maximum Gasteiger partial charge on any atom is 0.231 e. The molecule has 0 saturated carbocycles. The lowest BCUT2D eigenvalue weighted by molar-refractivity contribution is 0.156. The summed E-state index contributed by atoms with van der Waals surface area (Å²) in [6, 6.07) is 10.0. The van der Waals surface area contributed by atoms with E-state index in [4.69, 9.17) is 23.7 Å². The number of ether oxygens (including phenoxy) is 5. The molecule has 0 radical (unpaired) electrons. The van der Waals surface area contributed by atoms with Crippen molar-refractivity contribution >= 4 is 0 Å². The predicted octanol–water partition coefficient (Wildman–Crippen LogP) is 3.22. The highest BCUT2D eigenvalue weighted by atomic mass is 16.7. The van der Waals surface area contributed by atoms with Gasteiger partial charge in [0.2, 0.25) is 12.5 Å². The molecule has 0 N–H and O–H groups in total. The quantitative estimate of drug-likeness (QED) is 0.837. The molecule has 26 heavy (non-hydrogen) atoms. The molecule has 6 nitrogen and oxygen atoms in total. The van der Waals surface area contributed by atoms with Gasteiger partial charge in [-0.2, -0.15) is 0 Å². The first-order valence-corrected chi connectivity index (χ1v) is 8.68. The van der Waals surface area contributed by atoms with E-state index in [9.17, 15) is 0 Å². The Kier molecular flexibility index (Phi) is 4.51. The third kappa shape index (κ3) is 3.24. The second-order valence-corrected chi connectivity index (χ2v) is 6.60. The van der Waals surface area contributed by atoms with Gasteiger partial charge in [0.1, 0.15) is 17.6 Å². The summed E-state index contributed by atoms with van der Waals surface area (Å²) in [6.45, 7) is 4.72. The average molecular weight is 357 g/mol. The van der Waals surface area contributed by atoms with Gasteiger partial charge in [-0.3, -0.25) is 4.90 Å². The number of hydrogen-bond donors (Lipinski definition) is 0. The van der Waals surface area contributed by atoms with Gasteiger partial charge in [0, 0.05) is 31.3 Å². The zero-order valence-electron chi connectivity index (χ0n) is 15.3. The highest BCUT2D eigenvalue weighted by Gasteiger charge is 2.24. The summed E-state index contributed by atoms with van der Waals surface area (Å²) in [5.74, 6) is 3.83. The van der Waals surface area contributed by atoms with Gasteiger partial charge in [-0.05, 0) is 30.7 Å². The highest BCUT2D eigenvalue weighted by Crippen LogP contribution is 2.42. The summed E-state index contributed by atoms with van der Waals surface area (Å²) < 4.78 is 27.9. The number of rotatable bonds is 4. The second-order valence-electron chi connectivity index (χ2n) is 6.60. The van der Waals surface area contributed by atoms with Crippen molar-refractivity contribution < 1.29 is 23.7 Å². The van der Waals surface area contributed by atoms with Gasteiger partial charge in [0.25, 0.3) is 0 Å². The van der Waals surface area contributed by atoms with Crippen LogP contribution in [0.15, 0.2) is 30.3 Å². The summed E-state index contributed by atoms with van der Waals surface area (Å²) >= 11 is 0. The molecule has 0 aromatic heterocycles. The minimum Gasteiger partial charge on any atom is -0.497 e. The fourth-order valence-corrected chi connectivity index (χ4v) is 3.48. The Hall–Kier alpha value is -2.60. The molecule has 0 bridgehead atoms. The van der Waals surface area contributed by atoms with Crippen LogP contribution in [0.5, 0.6) is 28.7 Å². The standard InChI is InChI=1S/C20H23NO5/c1-13-9-21(11-15-4-5-16(22-2)8-17(15)26-13)10-14-6-18(23-3)20-19(7-14)24-12-25-20/h4-8,13H,9-12H2,1-3H3. The molecular formula is C20H23NO5. The molecule has 6 heteroatoms. The second kappa shape index (κ2) is 6.96. The number of methoxy groups -OCH3 is 2. The summed E-state index contributed by atoms with van der Waals surface area (Å²) in [4.78, 5) is 2.36. The third-order valence-electron chi connectivity index (χ3n) is 4.64. The molecule has 2 aromatic rings. The first-order valence-electron chi connectivity index (χ1n) is 8.68. The van der Waals surface area contributed by atoms with Crippen LogP contribution in [0.25, 0.3) is 0 Å². The molecule has 2 aliphatic heterocycles. The molecule has 0 fully saturated rings. The van der Waals surface area contributed by atoms with E-state index < -0.39 is 0 Å². The Morgan fingerprint density at radius 3 is 2.77 bits per heavy atom. The van der Waals surface area contributed by atoms with E-state index in [1.54, 1.807) is 14.2 Å². The summed E-state index contributed by atoms with van der Waals surface area (Å²) in [5, 5.41) is 0. The maximum absolute atomic E-state index is 6.10. The number of fused-ring (bicyclic) bond motifs is 2. The largest absolute Gasteiger partial charge is 0.497 e. The maximum atomic E-state index is 6.10. The average Bonchev–Trinajstić information content (AvgIpc) is 3.04. The molecule has 1 atom stereocenters. The minimum atomic E-state index is 0.0827. The third-order valence-corrected chi connectivity index (χ3v) is 4.64. The summed E-state index contributed by atoms with van der Waals surface area (Å²) in [5.41, 5.74) is 2.28. The summed E-state index contributed by atoms with van der Waals surface area (Å²) in [7, 11) is 3.31. The van der Waals surface area contributed by atoms with E-state index in [1.807, 2.05) is 24.3 Å². The number of hydrogen-bond acceptors (Lipinski definition) is 6. The van der Waals surface area contributed by atoms with Crippen LogP contribution in [0.3, 0.4) is 0 Å². The Balaban J connectivity index is 1.58. The van der Waals surface area contributed by atoms with E-state index in [2.05, 4.69) is 17.9 Å². The van der Waals surface area contributed by atoms with Crippen LogP contribution in [0.2, 0.25) is 0 Å². The van der Waals surface area contributed by atoms with Crippen LogP contribution in [0.4, 0.5) is 0 Å². The molecule has 2 aliphatic rings. The monoisotopic (exact) mass is 357 g/mol. The lowest BCUT2D eigenvalue weighted by Gasteiger charge is -2.22. The lowest BCUT2D eigenvalue weighted by Crippen LogP contribution is -2.30. The Labute approximate surface area is 153 Å². The normalized spacial score (nSPS) is 18.7. The van der Waals surface area contributed by atoms with Crippen molar-refractivity contribution in [2.75, 3.05) is 27.6 Å². The van der Waals surface area contributed by atoms with Gasteiger partial charge < -0.3 is 23.7 Å². The molecule has 4 rings (SSSR count). The first-order chi connectivity index (χ1) is 12.7. The van der Waals surface area contributed by atoms with Gasteiger partial charge in [0.05, 0.1) is 14.2 Å². The van der Waals surface area contributed by atoms with Gasteiger partial charge in [-0.15, -0.1) is 0 Å². The van der Waals surface area contributed by atoms with Gasteiger partial charge in [0.15, 0.2) is 11.5 Å². The molecule has 1 unspecified atom stereocenters. The van der Waals surface area contributed by atoms with E-state index in [0.29, 0.717) is 11.5 Å². The van der Waals surface area contributed by atoms with E-state index in [-0.39, 0.29) is 12.9 Å². The molecule has 138 valence electrons. The smallest absolute Gasteiger partial charge is 0.231 e. The Bertz CT molecular complexity index is 807. The molecule has 2 aromatic carbocycles. The number of nitrogens with zero attached hydrogens (tertiary/aromatic N) is 1. The van der Waals surface area contributed by atoms with Crippen molar-refractivity contribution in [1.82, 2.24) is 4.90 Å². The van der Waals surface area contributed by atoms with Gasteiger partial charge >= 0.3 is 0 Å². The van der Waals surface area contributed by atoms with Crippen molar-refractivity contribution in [3.63, 3.8) is 0 Å². The highest BCUT2D eigenvalue weighted by molar-refractivity contribution is 5.55. The van der Waals surface area contributed by atoms with E-state index in [0.717, 1.165) is 48.0 Å². The van der Waals surface area contributed by atoms with Crippen LogP contribution in [0, 0.1) is 0 Å². The first kappa shape index (κ1) is 16.8. The molecular weight excluding hydrogens is 334 g/mol. The van der Waals surface area contributed by atoms with Crippen LogP contribution < -0.4 is 23.7 Å². The van der Waals surface area contributed by atoms with Crippen LogP contribution in [-0.4, -0.2) is 38.6 Å². The van der Waals surface area contributed by atoms with E-state index >= 15 is 0 Å². The SMILES string of the molecule is COc1ccc2c(c1)OC(C)CN(Cc1cc(OC)c3c(c1)OCO3)C2. The zero-order valence-corrected chi connectivity index (χ0v) is 15.3. The number of benzene rings is 2. The minimum absolute atomic E-state index is 0.0827. The van der Waals surface area contributed by atoms with Crippen molar-refractivity contribution in [2.45, 2.75) is 26.1 Å². The predicted molar refractivity (Wildman–Crippen MR) is 96.3 cm³/mol. The molecule has 0 saturated heterocycles. The molecule has 0 aliphatic carbocycles. The van der Waals surface area contributed by atoms with Crippen molar-refractivity contribution in [3.8, 4) is 28.7 Å². The summed E-state index contributed by atoms with van der Waals surface area (Å²) in [6.07, 6.45) is 0.0827. The van der Waals surface area contributed by atoms with Gasteiger partial charge in [-0.25, -0.2) is 0 Å². The lowest BCUT2D eigenvalue weighted by atomic mass is 10.1.